The number of nitrogens with one attached hydrogen (secondary N) is 1. The van der Waals surface area contributed by atoms with Crippen molar-refractivity contribution in [1.29, 1.82) is 0 Å². The van der Waals surface area contributed by atoms with Crippen LogP contribution >= 0.6 is 12.4 Å². The Labute approximate surface area is 127 Å². The molecule has 1 unspecified atom stereocenters. The fraction of sp³-hybridized carbons (Fsp3) is 0.714. The van der Waals surface area contributed by atoms with Crippen LogP contribution in [0.4, 0.5) is 0 Å². The number of halogens is 1. The van der Waals surface area contributed by atoms with Crippen molar-refractivity contribution in [1.82, 2.24) is 10.5 Å². The Morgan fingerprint density at radius 3 is 2.40 bits per heavy atom. The predicted molar refractivity (Wildman–Crippen MR) is 82.0 cm³/mol. The van der Waals surface area contributed by atoms with Gasteiger partial charge in [-0.05, 0) is 39.5 Å². The van der Waals surface area contributed by atoms with Crippen molar-refractivity contribution < 1.29 is 9.32 Å². The molecule has 0 bridgehead atoms. The van der Waals surface area contributed by atoms with Crippen LogP contribution in [-0.4, -0.2) is 23.1 Å². The highest BCUT2D eigenvalue weighted by Gasteiger charge is 2.19. The molecule has 0 saturated heterocycles. The summed E-state index contributed by atoms with van der Waals surface area (Å²) in [6.45, 7) is 9.87. The van der Waals surface area contributed by atoms with Crippen molar-refractivity contribution in [2.75, 3.05) is 0 Å². The average molecular weight is 304 g/mol. The molecule has 0 radical (unpaired) electrons. The van der Waals surface area contributed by atoms with Gasteiger partial charge in [-0.3, -0.25) is 4.79 Å². The molecule has 1 heterocycles. The van der Waals surface area contributed by atoms with E-state index >= 15 is 0 Å². The third-order valence-electron chi connectivity index (χ3n) is 3.14. The molecule has 0 aliphatic rings. The summed E-state index contributed by atoms with van der Waals surface area (Å²) in [5, 5.41) is 6.85. The van der Waals surface area contributed by atoms with E-state index in [4.69, 9.17) is 10.3 Å². The summed E-state index contributed by atoms with van der Waals surface area (Å²) in [7, 11) is 0. The minimum absolute atomic E-state index is 0. The van der Waals surface area contributed by atoms with Crippen LogP contribution in [0.2, 0.25) is 0 Å². The van der Waals surface area contributed by atoms with E-state index in [1.807, 2.05) is 20.8 Å². The van der Waals surface area contributed by atoms with Crippen molar-refractivity contribution in [2.24, 2.45) is 11.7 Å². The molecule has 0 aliphatic carbocycles. The number of hydrogen-bond acceptors (Lipinski definition) is 4. The van der Waals surface area contributed by atoms with E-state index < -0.39 is 6.04 Å². The van der Waals surface area contributed by atoms with E-state index in [-0.39, 0.29) is 24.4 Å². The number of hydrogen-bond donors (Lipinski definition) is 2. The minimum Gasteiger partial charge on any atom is -0.361 e. The summed E-state index contributed by atoms with van der Waals surface area (Å²) in [6, 6.07) is -0.422. The first kappa shape index (κ1) is 18.9. The van der Waals surface area contributed by atoms with Gasteiger partial charge in [0.2, 0.25) is 5.91 Å². The molecule has 6 heteroatoms. The van der Waals surface area contributed by atoms with Gasteiger partial charge < -0.3 is 15.6 Å². The Bertz CT molecular complexity index is 413. The highest BCUT2D eigenvalue weighted by atomic mass is 35.5. The molecule has 0 fully saturated rings. The summed E-state index contributed by atoms with van der Waals surface area (Å²) < 4.78 is 5.11. The Morgan fingerprint density at radius 2 is 1.95 bits per heavy atom. The van der Waals surface area contributed by atoms with Crippen molar-refractivity contribution in [2.45, 2.75) is 59.5 Å². The molecule has 116 valence electrons. The molecule has 0 aliphatic heterocycles. The van der Waals surface area contributed by atoms with Crippen LogP contribution in [0.5, 0.6) is 0 Å². The minimum atomic E-state index is -0.438. The Hall–Kier alpha value is -1.07. The predicted octanol–water partition coefficient (Wildman–Crippen LogP) is 2.13. The largest absolute Gasteiger partial charge is 0.361 e. The summed E-state index contributed by atoms with van der Waals surface area (Å²) in [6.07, 6.45) is 1.41. The fourth-order valence-electron chi connectivity index (χ4n) is 2.12. The lowest BCUT2D eigenvalue weighted by Gasteiger charge is -2.18. The zero-order valence-electron chi connectivity index (χ0n) is 12.9. The lowest BCUT2D eigenvalue weighted by atomic mass is 10.0. The second kappa shape index (κ2) is 8.27. The van der Waals surface area contributed by atoms with Crippen molar-refractivity contribution in [3.8, 4) is 0 Å². The Morgan fingerprint density at radius 1 is 1.35 bits per heavy atom. The smallest absolute Gasteiger partial charge is 0.237 e. The SMILES string of the molecule is Cc1noc(C)c1CC(C)NC(=O)[C@@H](N)CC(C)C.Cl. The molecule has 5 nitrogen and oxygen atoms in total. The van der Waals surface area contributed by atoms with Crippen LogP contribution in [0.3, 0.4) is 0 Å². The first-order valence-electron chi connectivity index (χ1n) is 6.79. The summed E-state index contributed by atoms with van der Waals surface area (Å²) >= 11 is 0. The van der Waals surface area contributed by atoms with Crippen LogP contribution < -0.4 is 11.1 Å². The number of nitrogens with two attached hydrogens (primary N) is 1. The zero-order valence-corrected chi connectivity index (χ0v) is 13.7. The van der Waals surface area contributed by atoms with Gasteiger partial charge in [0.25, 0.3) is 0 Å². The van der Waals surface area contributed by atoms with E-state index in [1.54, 1.807) is 0 Å². The molecule has 2 atom stereocenters. The molecule has 1 rings (SSSR count). The van der Waals surface area contributed by atoms with E-state index in [0.717, 1.165) is 17.0 Å². The first-order chi connectivity index (χ1) is 8.81. The van der Waals surface area contributed by atoms with Crippen LogP contribution in [-0.2, 0) is 11.2 Å². The van der Waals surface area contributed by atoms with Crippen LogP contribution in [0.15, 0.2) is 4.52 Å². The summed E-state index contributed by atoms with van der Waals surface area (Å²) in [5.74, 6) is 1.14. The maximum absolute atomic E-state index is 11.9. The number of carbonyl (C=O) groups excluding carboxylic acids is 1. The van der Waals surface area contributed by atoms with Crippen molar-refractivity contribution in [3.05, 3.63) is 17.0 Å². The number of rotatable bonds is 6. The Balaban J connectivity index is 0.00000361. The number of carbonyl (C=O) groups is 1. The van der Waals surface area contributed by atoms with Crippen LogP contribution in [0.1, 0.15) is 44.2 Å². The number of aromatic nitrogens is 1. The highest BCUT2D eigenvalue weighted by molar-refractivity contribution is 5.85. The number of amides is 1. The van der Waals surface area contributed by atoms with Gasteiger partial charge in [0.15, 0.2) is 0 Å². The molecule has 3 N–H and O–H groups in total. The lowest BCUT2D eigenvalue weighted by Crippen LogP contribution is -2.45. The van der Waals surface area contributed by atoms with Crippen LogP contribution in [0.25, 0.3) is 0 Å². The highest BCUT2D eigenvalue weighted by Crippen LogP contribution is 2.14. The van der Waals surface area contributed by atoms with Gasteiger partial charge in [-0.2, -0.15) is 0 Å². The van der Waals surface area contributed by atoms with E-state index in [1.165, 1.54) is 0 Å². The first-order valence-corrected chi connectivity index (χ1v) is 6.79. The van der Waals surface area contributed by atoms with Gasteiger partial charge in [-0.15, -0.1) is 12.4 Å². The number of nitrogens with zero attached hydrogens (tertiary/aromatic N) is 1. The normalized spacial score (nSPS) is 13.8. The quantitative estimate of drug-likeness (QED) is 0.843. The van der Waals surface area contributed by atoms with Gasteiger partial charge in [0.05, 0.1) is 11.7 Å². The van der Waals surface area contributed by atoms with Crippen molar-refractivity contribution >= 4 is 18.3 Å². The van der Waals surface area contributed by atoms with E-state index in [9.17, 15) is 4.79 Å². The summed E-state index contributed by atoms with van der Waals surface area (Å²) in [5.41, 5.74) is 7.80. The summed E-state index contributed by atoms with van der Waals surface area (Å²) in [4.78, 5) is 11.9. The molecule has 1 aromatic rings. The van der Waals surface area contributed by atoms with Crippen molar-refractivity contribution in [3.63, 3.8) is 0 Å². The van der Waals surface area contributed by atoms with E-state index in [0.29, 0.717) is 18.8 Å². The van der Waals surface area contributed by atoms with Gasteiger partial charge in [0.1, 0.15) is 5.76 Å². The molecule has 1 aromatic heterocycles. The topological polar surface area (TPSA) is 81.2 Å². The molecular formula is C14H26ClN3O2. The second-order valence-corrected chi connectivity index (χ2v) is 5.65. The molecular weight excluding hydrogens is 278 g/mol. The molecule has 0 spiro atoms. The van der Waals surface area contributed by atoms with Gasteiger partial charge in [-0.25, -0.2) is 0 Å². The molecule has 20 heavy (non-hydrogen) atoms. The maximum Gasteiger partial charge on any atom is 0.237 e. The molecule has 0 saturated carbocycles. The van der Waals surface area contributed by atoms with E-state index in [2.05, 4.69) is 24.3 Å². The molecule has 1 amide bonds. The third kappa shape index (κ3) is 5.51. The van der Waals surface area contributed by atoms with Gasteiger partial charge in [-0.1, -0.05) is 19.0 Å². The van der Waals surface area contributed by atoms with Gasteiger partial charge in [0, 0.05) is 11.6 Å². The average Bonchev–Trinajstić information content (AvgIpc) is 2.59. The second-order valence-electron chi connectivity index (χ2n) is 5.65. The standard InChI is InChI=1S/C14H25N3O2.ClH/c1-8(2)6-13(15)14(18)16-9(3)7-12-10(4)17-19-11(12)5;/h8-9,13H,6-7,15H2,1-5H3,(H,16,18);1H/t9?,13-;/m0./s1. The third-order valence-corrected chi connectivity index (χ3v) is 3.14. The van der Waals surface area contributed by atoms with Gasteiger partial charge >= 0.3 is 0 Å². The lowest BCUT2D eigenvalue weighted by molar-refractivity contribution is -0.123. The molecule has 0 aromatic carbocycles. The fourth-order valence-corrected chi connectivity index (χ4v) is 2.12. The Kier molecular flexibility index (Phi) is 7.83. The zero-order chi connectivity index (χ0) is 14.6. The maximum atomic E-state index is 11.9. The van der Waals surface area contributed by atoms with Crippen LogP contribution in [0, 0.1) is 19.8 Å². The number of aryl methyl sites for hydroxylation is 2. The monoisotopic (exact) mass is 303 g/mol.